The minimum absolute atomic E-state index is 0.0820. The largest absolute Gasteiger partial charge is 0.495 e. The van der Waals surface area contributed by atoms with E-state index in [2.05, 4.69) is 4.72 Å². The Hall–Kier alpha value is -2.25. The molecule has 8 heteroatoms. The monoisotopic (exact) mass is 340 g/mol. The predicted octanol–water partition coefficient (Wildman–Crippen LogP) is 2.25. The zero-order valence-electron chi connectivity index (χ0n) is 11.5. The first kappa shape index (κ1) is 16.1. The van der Waals surface area contributed by atoms with Crippen LogP contribution in [0.15, 0.2) is 47.4 Å². The summed E-state index contributed by atoms with van der Waals surface area (Å²) in [6.45, 7) is 0. The number of anilines is 1. The van der Waals surface area contributed by atoms with Crippen LogP contribution in [0.1, 0.15) is 10.4 Å². The molecular formula is C14H13ClN2O4S. The van der Waals surface area contributed by atoms with Crippen LogP contribution >= 0.6 is 11.6 Å². The second-order valence-corrected chi connectivity index (χ2v) is 6.43. The van der Waals surface area contributed by atoms with Gasteiger partial charge in [0.1, 0.15) is 10.6 Å². The van der Waals surface area contributed by atoms with Gasteiger partial charge < -0.3 is 10.5 Å². The Kier molecular flexibility index (Phi) is 4.58. The van der Waals surface area contributed by atoms with E-state index in [4.69, 9.17) is 22.1 Å². The average Bonchev–Trinajstić information content (AvgIpc) is 2.47. The van der Waals surface area contributed by atoms with Crippen molar-refractivity contribution in [2.45, 2.75) is 4.90 Å². The van der Waals surface area contributed by atoms with Crippen LogP contribution in [0, 0.1) is 0 Å². The molecule has 0 aromatic heterocycles. The van der Waals surface area contributed by atoms with Crippen molar-refractivity contribution in [2.24, 2.45) is 5.73 Å². The summed E-state index contributed by atoms with van der Waals surface area (Å²) in [6, 6.07) is 10.0. The van der Waals surface area contributed by atoms with Crippen molar-refractivity contribution in [3.8, 4) is 5.75 Å². The van der Waals surface area contributed by atoms with Crippen molar-refractivity contribution in [3.63, 3.8) is 0 Å². The number of sulfonamides is 1. The first-order valence-corrected chi connectivity index (χ1v) is 7.96. The molecule has 0 heterocycles. The molecule has 0 aliphatic carbocycles. The van der Waals surface area contributed by atoms with E-state index >= 15 is 0 Å². The Morgan fingerprint density at radius 1 is 1.18 bits per heavy atom. The van der Waals surface area contributed by atoms with Crippen LogP contribution < -0.4 is 15.2 Å². The number of rotatable bonds is 5. The summed E-state index contributed by atoms with van der Waals surface area (Å²) in [5.41, 5.74) is 5.69. The predicted molar refractivity (Wildman–Crippen MR) is 83.8 cm³/mol. The van der Waals surface area contributed by atoms with Crippen LogP contribution in [0.4, 0.5) is 5.69 Å². The van der Waals surface area contributed by atoms with Gasteiger partial charge >= 0.3 is 0 Å². The van der Waals surface area contributed by atoms with E-state index in [0.717, 1.165) is 0 Å². The van der Waals surface area contributed by atoms with E-state index in [0.29, 0.717) is 0 Å². The van der Waals surface area contributed by atoms with Gasteiger partial charge in [-0.2, -0.15) is 0 Å². The third kappa shape index (κ3) is 3.49. The quantitative estimate of drug-likeness (QED) is 0.872. The molecule has 0 aliphatic rings. The zero-order valence-corrected chi connectivity index (χ0v) is 13.1. The minimum atomic E-state index is -3.89. The second kappa shape index (κ2) is 6.25. The van der Waals surface area contributed by atoms with Gasteiger partial charge in [-0.1, -0.05) is 11.6 Å². The number of carbonyl (C=O) groups is 1. The summed E-state index contributed by atoms with van der Waals surface area (Å²) >= 11 is 5.84. The highest BCUT2D eigenvalue weighted by Crippen LogP contribution is 2.28. The number of primary amides is 1. The SMILES string of the molecule is COc1ccc(Cl)cc1S(=O)(=O)Nc1ccc(C(N)=O)cc1. The summed E-state index contributed by atoms with van der Waals surface area (Å²) in [5.74, 6) is -0.420. The van der Waals surface area contributed by atoms with Gasteiger partial charge in [0.05, 0.1) is 7.11 Å². The molecule has 6 nitrogen and oxygen atoms in total. The molecule has 0 atom stereocenters. The van der Waals surface area contributed by atoms with Gasteiger partial charge in [-0.25, -0.2) is 8.42 Å². The number of nitrogens with two attached hydrogens (primary N) is 1. The summed E-state index contributed by atoms with van der Waals surface area (Å²) in [6.07, 6.45) is 0. The molecule has 3 N–H and O–H groups in total. The summed E-state index contributed by atoms with van der Waals surface area (Å²) in [4.78, 5) is 10.9. The normalized spacial score (nSPS) is 11.0. The van der Waals surface area contributed by atoms with Crippen LogP contribution in [0.25, 0.3) is 0 Å². The smallest absolute Gasteiger partial charge is 0.265 e. The summed E-state index contributed by atoms with van der Waals surface area (Å²) in [7, 11) is -2.52. The van der Waals surface area contributed by atoms with Gasteiger partial charge in [-0.3, -0.25) is 9.52 Å². The molecule has 22 heavy (non-hydrogen) atoms. The molecule has 2 rings (SSSR count). The highest BCUT2D eigenvalue weighted by atomic mass is 35.5. The topological polar surface area (TPSA) is 98.5 Å². The first-order chi connectivity index (χ1) is 10.3. The van der Waals surface area contributed by atoms with E-state index < -0.39 is 15.9 Å². The molecule has 2 aromatic rings. The summed E-state index contributed by atoms with van der Waals surface area (Å²) < 4.78 is 32.2. The fourth-order valence-corrected chi connectivity index (χ4v) is 3.26. The van der Waals surface area contributed by atoms with Gasteiger partial charge in [0, 0.05) is 16.3 Å². The average molecular weight is 341 g/mol. The fraction of sp³-hybridized carbons (Fsp3) is 0.0714. The molecule has 0 saturated carbocycles. The Morgan fingerprint density at radius 3 is 2.36 bits per heavy atom. The third-order valence-electron chi connectivity index (χ3n) is 2.84. The van der Waals surface area contributed by atoms with E-state index in [-0.39, 0.29) is 26.9 Å². The minimum Gasteiger partial charge on any atom is -0.495 e. The second-order valence-electron chi connectivity index (χ2n) is 4.34. The highest BCUT2D eigenvalue weighted by molar-refractivity contribution is 7.92. The molecular weight excluding hydrogens is 328 g/mol. The van der Waals surface area contributed by atoms with E-state index in [9.17, 15) is 13.2 Å². The number of amides is 1. The van der Waals surface area contributed by atoms with Crippen LogP contribution in [-0.2, 0) is 10.0 Å². The van der Waals surface area contributed by atoms with Gasteiger partial charge in [0.15, 0.2) is 0 Å². The summed E-state index contributed by atoms with van der Waals surface area (Å²) in [5, 5.41) is 0.269. The maximum atomic E-state index is 12.4. The molecule has 0 saturated heterocycles. The number of hydrogen-bond donors (Lipinski definition) is 2. The van der Waals surface area contributed by atoms with E-state index in [1.165, 1.54) is 49.6 Å². The maximum Gasteiger partial charge on any atom is 0.265 e. The number of benzene rings is 2. The lowest BCUT2D eigenvalue weighted by Gasteiger charge is -2.12. The number of methoxy groups -OCH3 is 1. The Morgan fingerprint density at radius 2 is 1.82 bits per heavy atom. The number of carbonyl (C=O) groups excluding carboxylic acids is 1. The van der Waals surface area contributed by atoms with Gasteiger partial charge in [0.2, 0.25) is 5.91 Å². The van der Waals surface area contributed by atoms with Gasteiger partial charge in [-0.05, 0) is 42.5 Å². The molecule has 0 spiro atoms. The van der Waals surface area contributed by atoms with Gasteiger partial charge in [-0.15, -0.1) is 0 Å². The van der Waals surface area contributed by atoms with Crippen LogP contribution in [-0.4, -0.2) is 21.4 Å². The standard InChI is InChI=1S/C14H13ClN2O4S/c1-21-12-7-4-10(15)8-13(12)22(19,20)17-11-5-2-9(3-6-11)14(16)18/h2-8,17H,1H3,(H2,16,18). The number of nitrogens with one attached hydrogen (secondary N) is 1. The molecule has 0 unspecified atom stereocenters. The van der Waals surface area contributed by atoms with Crippen LogP contribution in [0.3, 0.4) is 0 Å². The molecule has 0 radical (unpaired) electrons. The highest BCUT2D eigenvalue weighted by Gasteiger charge is 2.20. The fourth-order valence-electron chi connectivity index (χ4n) is 1.77. The molecule has 2 aromatic carbocycles. The van der Waals surface area contributed by atoms with Crippen LogP contribution in [0.2, 0.25) is 5.02 Å². The lowest BCUT2D eigenvalue weighted by molar-refractivity contribution is 0.100. The maximum absolute atomic E-state index is 12.4. The molecule has 0 aliphatic heterocycles. The Labute approximate surface area is 132 Å². The number of ether oxygens (including phenoxy) is 1. The molecule has 1 amide bonds. The van der Waals surface area contributed by atoms with E-state index in [1.807, 2.05) is 0 Å². The molecule has 0 bridgehead atoms. The van der Waals surface area contributed by atoms with Crippen molar-refractivity contribution in [3.05, 3.63) is 53.1 Å². The van der Waals surface area contributed by atoms with E-state index in [1.54, 1.807) is 0 Å². The van der Waals surface area contributed by atoms with Crippen molar-refractivity contribution >= 4 is 33.2 Å². The Balaban J connectivity index is 2.35. The third-order valence-corrected chi connectivity index (χ3v) is 4.47. The van der Waals surface area contributed by atoms with Crippen LogP contribution in [0.5, 0.6) is 5.75 Å². The van der Waals surface area contributed by atoms with Crippen molar-refractivity contribution in [1.82, 2.24) is 0 Å². The molecule has 0 fully saturated rings. The van der Waals surface area contributed by atoms with Gasteiger partial charge in [0.25, 0.3) is 10.0 Å². The lowest BCUT2D eigenvalue weighted by atomic mass is 10.2. The molecule has 116 valence electrons. The Bertz CT molecular complexity index is 804. The number of hydrogen-bond acceptors (Lipinski definition) is 4. The van der Waals surface area contributed by atoms with Crippen molar-refractivity contribution < 1.29 is 17.9 Å². The van der Waals surface area contributed by atoms with Crippen molar-refractivity contribution in [1.29, 1.82) is 0 Å². The lowest BCUT2D eigenvalue weighted by Crippen LogP contribution is -2.15. The van der Waals surface area contributed by atoms with Crippen molar-refractivity contribution in [2.75, 3.05) is 11.8 Å². The number of halogens is 1. The zero-order chi connectivity index (χ0) is 16.3. The first-order valence-electron chi connectivity index (χ1n) is 6.10.